The molecule has 0 aliphatic rings. The summed E-state index contributed by atoms with van der Waals surface area (Å²) in [6.45, 7) is 7.90. The lowest BCUT2D eigenvalue weighted by atomic mass is 10.2. The summed E-state index contributed by atoms with van der Waals surface area (Å²) in [6.07, 6.45) is 0. The molecule has 1 rings (SSSR count). The van der Waals surface area contributed by atoms with E-state index in [2.05, 4.69) is 5.87 Å². The van der Waals surface area contributed by atoms with E-state index in [0.717, 1.165) is 4.90 Å². The summed E-state index contributed by atoms with van der Waals surface area (Å²) in [5.41, 5.74) is 1.18. The molecular formula is C12H18OS. The summed E-state index contributed by atoms with van der Waals surface area (Å²) in [4.78, 5) is 0.843. The van der Waals surface area contributed by atoms with E-state index in [0.29, 0.717) is 0 Å². The molecule has 0 amide bonds. The van der Waals surface area contributed by atoms with Gasteiger partial charge in [-0.1, -0.05) is 17.7 Å². The van der Waals surface area contributed by atoms with Crippen LogP contribution in [0.25, 0.3) is 0 Å². The van der Waals surface area contributed by atoms with Crippen molar-refractivity contribution in [2.45, 2.75) is 37.3 Å². The van der Waals surface area contributed by atoms with Gasteiger partial charge in [0.25, 0.3) is 0 Å². The minimum absolute atomic E-state index is 0.289. The molecule has 14 heavy (non-hydrogen) atoms. The minimum Gasteiger partial charge on any atom is -0.263 e. The van der Waals surface area contributed by atoms with Gasteiger partial charge < -0.3 is 0 Å². The predicted molar refractivity (Wildman–Crippen MR) is 64.5 cm³/mol. The van der Waals surface area contributed by atoms with Gasteiger partial charge in [-0.2, -0.15) is 0 Å². The molecule has 1 atom stereocenters. The van der Waals surface area contributed by atoms with E-state index in [4.69, 9.17) is 0 Å². The molecule has 2 heteroatoms. The number of benzene rings is 1. The second kappa shape index (κ2) is 3.43. The fourth-order valence-electron chi connectivity index (χ4n) is 1.11. The quantitative estimate of drug-likeness (QED) is 0.651. The van der Waals surface area contributed by atoms with Crippen LogP contribution >= 0.6 is 0 Å². The van der Waals surface area contributed by atoms with Crippen molar-refractivity contribution in [3.05, 3.63) is 29.8 Å². The minimum atomic E-state index is -2.19. The van der Waals surface area contributed by atoms with E-state index in [9.17, 15) is 4.21 Å². The van der Waals surface area contributed by atoms with Crippen molar-refractivity contribution in [3.63, 3.8) is 0 Å². The highest BCUT2D eigenvalue weighted by atomic mass is 32.2. The van der Waals surface area contributed by atoms with Crippen LogP contribution in [-0.2, 0) is 9.52 Å². The lowest BCUT2D eigenvalue weighted by molar-refractivity contribution is 0.646. The van der Waals surface area contributed by atoms with Gasteiger partial charge >= 0.3 is 0 Å². The molecule has 0 aromatic heterocycles. The Bertz CT molecular complexity index is 405. The highest BCUT2D eigenvalue weighted by Crippen LogP contribution is 2.24. The zero-order chi connectivity index (χ0) is 11.0. The van der Waals surface area contributed by atoms with Crippen molar-refractivity contribution in [2.75, 3.05) is 0 Å². The summed E-state index contributed by atoms with van der Waals surface area (Å²) < 4.78 is 12.1. The molecule has 0 fully saturated rings. The first kappa shape index (κ1) is 11.3. The lowest BCUT2D eigenvalue weighted by Crippen LogP contribution is -2.27. The van der Waals surface area contributed by atoms with Gasteiger partial charge in [-0.15, -0.1) is 0 Å². The van der Waals surface area contributed by atoms with E-state index in [1.54, 1.807) is 0 Å². The average molecular weight is 210 g/mol. The second-order valence-corrected chi connectivity index (χ2v) is 7.65. The summed E-state index contributed by atoms with van der Waals surface area (Å²) in [5.74, 6) is 3.87. The summed E-state index contributed by atoms with van der Waals surface area (Å²) in [5, 5.41) is 0. The summed E-state index contributed by atoms with van der Waals surface area (Å²) in [7, 11) is -2.19. The molecule has 1 unspecified atom stereocenters. The normalized spacial score (nSPS) is 16.3. The van der Waals surface area contributed by atoms with Crippen molar-refractivity contribution in [2.24, 2.45) is 0 Å². The first-order valence-corrected chi connectivity index (χ1v) is 6.41. The van der Waals surface area contributed by atoms with Gasteiger partial charge in [0.15, 0.2) is 0 Å². The van der Waals surface area contributed by atoms with Crippen molar-refractivity contribution in [3.8, 4) is 0 Å². The van der Waals surface area contributed by atoms with Crippen LogP contribution in [0.3, 0.4) is 0 Å². The van der Waals surface area contributed by atoms with Crippen molar-refractivity contribution < 1.29 is 4.21 Å². The summed E-state index contributed by atoms with van der Waals surface area (Å²) in [6, 6.07) is 7.78. The van der Waals surface area contributed by atoms with Gasteiger partial charge in [0.05, 0.1) is 0 Å². The first-order valence-electron chi connectivity index (χ1n) is 4.68. The van der Waals surface area contributed by atoms with Gasteiger partial charge in [0.1, 0.15) is 0 Å². The largest absolute Gasteiger partial charge is 0.263 e. The maximum atomic E-state index is 12.4. The van der Waals surface area contributed by atoms with Crippen molar-refractivity contribution in [1.29, 1.82) is 0 Å². The van der Waals surface area contributed by atoms with Crippen molar-refractivity contribution in [1.82, 2.24) is 0 Å². The van der Waals surface area contributed by atoms with E-state index in [1.807, 2.05) is 52.0 Å². The van der Waals surface area contributed by atoms with Crippen LogP contribution in [0, 0.1) is 6.92 Å². The molecular weight excluding hydrogens is 192 g/mol. The smallest absolute Gasteiger partial charge is 0.0342 e. The van der Waals surface area contributed by atoms with E-state index in [1.165, 1.54) is 5.56 Å². The highest BCUT2D eigenvalue weighted by Gasteiger charge is 2.24. The van der Waals surface area contributed by atoms with E-state index < -0.39 is 9.52 Å². The van der Waals surface area contributed by atoms with Crippen LogP contribution < -0.4 is 0 Å². The standard InChI is InChI=1S/C12H18OS/c1-10-6-8-11(9-7-10)14(5,13)12(2,3)4/h6-9H,5H2,1-4H3. The molecule has 0 aliphatic carbocycles. The van der Waals surface area contributed by atoms with E-state index >= 15 is 0 Å². The van der Waals surface area contributed by atoms with Crippen LogP contribution in [0.5, 0.6) is 0 Å². The van der Waals surface area contributed by atoms with E-state index in [-0.39, 0.29) is 4.75 Å². The third-order valence-electron chi connectivity index (χ3n) is 2.39. The Balaban J connectivity index is 3.25. The maximum Gasteiger partial charge on any atom is 0.0342 e. The van der Waals surface area contributed by atoms with Gasteiger partial charge in [0.2, 0.25) is 0 Å². The number of hydrogen-bond donors (Lipinski definition) is 0. The SMILES string of the molecule is C=S(=O)(c1ccc(C)cc1)C(C)(C)C. The van der Waals surface area contributed by atoms with Crippen LogP contribution in [0.1, 0.15) is 26.3 Å². The molecule has 0 bridgehead atoms. The maximum absolute atomic E-state index is 12.4. The Morgan fingerprint density at radius 1 is 1.14 bits per heavy atom. The Kier molecular flexibility index (Phi) is 2.77. The third-order valence-corrected chi connectivity index (χ3v) is 5.40. The molecule has 0 saturated heterocycles. The Labute approximate surface area is 87.2 Å². The monoisotopic (exact) mass is 210 g/mol. The number of hydrogen-bond acceptors (Lipinski definition) is 1. The highest BCUT2D eigenvalue weighted by molar-refractivity contribution is 8.01. The average Bonchev–Trinajstić information content (AvgIpc) is 2.03. The lowest BCUT2D eigenvalue weighted by Gasteiger charge is -2.24. The molecule has 0 saturated carbocycles. The van der Waals surface area contributed by atoms with Crippen LogP contribution in [0.2, 0.25) is 0 Å². The molecule has 1 aromatic carbocycles. The summed E-state index contributed by atoms with van der Waals surface area (Å²) >= 11 is 0. The van der Waals surface area contributed by atoms with Crippen molar-refractivity contribution >= 4 is 15.4 Å². The fourth-order valence-corrected chi connectivity index (χ4v) is 2.39. The molecule has 0 heterocycles. The predicted octanol–water partition coefficient (Wildman–Crippen LogP) is 2.87. The number of rotatable bonds is 1. The zero-order valence-electron chi connectivity index (χ0n) is 9.33. The Morgan fingerprint density at radius 3 is 1.93 bits per heavy atom. The molecule has 78 valence electrons. The van der Waals surface area contributed by atoms with Gasteiger partial charge in [-0.3, -0.25) is 4.21 Å². The number of aryl methyl sites for hydroxylation is 1. The Morgan fingerprint density at radius 2 is 1.57 bits per heavy atom. The molecule has 1 aromatic rings. The van der Waals surface area contributed by atoms with Crippen LogP contribution in [-0.4, -0.2) is 14.8 Å². The molecule has 0 N–H and O–H groups in total. The Hall–Kier alpha value is -0.760. The fraction of sp³-hybridized carbons (Fsp3) is 0.417. The van der Waals surface area contributed by atoms with Gasteiger partial charge in [-0.25, -0.2) is 0 Å². The van der Waals surface area contributed by atoms with Gasteiger partial charge in [-0.05, 0) is 45.7 Å². The zero-order valence-corrected chi connectivity index (χ0v) is 10.1. The van der Waals surface area contributed by atoms with Crippen LogP contribution in [0.4, 0.5) is 0 Å². The molecule has 0 radical (unpaired) electrons. The first-order chi connectivity index (χ1) is 6.25. The van der Waals surface area contributed by atoms with Crippen LogP contribution in [0.15, 0.2) is 29.2 Å². The third kappa shape index (κ3) is 2.01. The molecule has 1 nitrogen and oxygen atoms in total. The topological polar surface area (TPSA) is 17.1 Å². The second-order valence-electron chi connectivity index (χ2n) is 4.60. The van der Waals surface area contributed by atoms with Gasteiger partial charge in [0, 0.05) is 19.2 Å². The molecule has 0 aliphatic heterocycles. The molecule has 0 spiro atoms.